The van der Waals surface area contributed by atoms with Crippen molar-refractivity contribution in [3.05, 3.63) is 34.9 Å². The van der Waals surface area contributed by atoms with Crippen molar-refractivity contribution >= 4 is 17.5 Å². The molecule has 0 spiro atoms. The van der Waals surface area contributed by atoms with Crippen LogP contribution in [0, 0.1) is 0 Å². The van der Waals surface area contributed by atoms with Gasteiger partial charge in [-0.15, -0.1) is 0 Å². The van der Waals surface area contributed by atoms with Crippen molar-refractivity contribution in [3.8, 4) is 0 Å². The molecule has 0 bridgehead atoms. The summed E-state index contributed by atoms with van der Waals surface area (Å²) in [5.74, 6) is 0.192. The highest BCUT2D eigenvalue weighted by Gasteiger charge is 2.29. The lowest BCUT2D eigenvalue weighted by Gasteiger charge is -2.37. The number of benzene rings is 1. The first-order valence-corrected chi connectivity index (χ1v) is 9.01. The highest BCUT2D eigenvalue weighted by Crippen LogP contribution is 2.19. The molecule has 4 nitrogen and oxygen atoms in total. The van der Waals surface area contributed by atoms with E-state index in [1.165, 1.54) is 5.56 Å². The van der Waals surface area contributed by atoms with Gasteiger partial charge in [-0.2, -0.15) is 0 Å². The van der Waals surface area contributed by atoms with E-state index in [1.54, 1.807) is 0 Å². The fourth-order valence-electron chi connectivity index (χ4n) is 3.07. The van der Waals surface area contributed by atoms with E-state index in [1.807, 2.05) is 25.1 Å². The summed E-state index contributed by atoms with van der Waals surface area (Å²) in [5, 5.41) is 3.96. The minimum Gasteiger partial charge on any atom is -0.352 e. The largest absolute Gasteiger partial charge is 0.352 e. The molecule has 2 fully saturated rings. The first-order valence-electron chi connectivity index (χ1n) is 8.63. The van der Waals surface area contributed by atoms with Crippen LogP contribution in [0.4, 0.5) is 0 Å². The Balaban J connectivity index is 1.41. The van der Waals surface area contributed by atoms with Gasteiger partial charge >= 0.3 is 0 Å². The molecule has 1 saturated heterocycles. The van der Waals surface area contributed by atoms with Crippen LogP contribution in [0.3, 0.4) is 0 Å². The molecule has 1 aromatic carbocycles. The number of piperazine rings is 1. The lowest BCUT2D eigenvalue weighted by atomic mass is 10.1. The maximum absolute atomic E-state index is 12.1. The molecule has 1 amide bonds. The molecule has 1 heterocycles. The summed E-state index contributed by atoms with van der Waals surface area (Å²) < 4.78 is 0. The third-order valence-electron chi connectivity index (χ3n) is 4.91. The zero-order valence-electron chi connectivity index (χ0n) is 13.8. The molecule has 1 aliphatic heterocycles. The molecular formula is C18H26ClN3O. The van der Waals surface area contributed by atoms with E-state index in [0.717, 1.165) is 57.0 Å². The van der Waals surface area contributed by atoms with Gasteiger partial charge in [-0.25, -0.2) is 0 Å². The van der Waals surface area contributed by atoms with Crippen LogP contribution >= 0.6 is 11.6 Å². The van der Waals surface area contributed by atoms with Crippen molar-refractivity contribution in [2.24, 2.45) is 0 Å². The SMILES string of the molecule is C[C@H](C(=O)NC1CC1)N1CCN(CCc2ccccc2Cl)CC1. The minimum atomic E-state index is -0.0127. The van der Waals surface area contributed by atoms with E-state index in [2.05, 4.69) is 21.2 Å². The third-order valence-corrected chi connectivity index (χ3v) is 5.28. The van der Waals surface area contributed by atoms with Crippen molar-refractivity contribution in [2.45, 2.75) is 38.3 Å². The van der Waals surface area contributed by atoms with E-state index < -0.39 is 0 Å². The topological polar surface area (TPSA) is 35.6 Å². The molecule has 5 heteroatoms. The third kappa shape index (κ3) is 4.69. The molecule has 1 saturated carbocycles. The summed E-state index contributed by atoms with van der Waals surface area (Å²) in [5.41, 5.74) is 1.22. The minimum absolute atomic E-state index is 0.0127. The molecule has 0 unspecified atom stereocenters. The first kappa shape index (κ1) is 16.7. The average molecular weight is 336 g/mol. The van der Waals surface area contributed by atoms with E-state index in [4.69, 9.17) is 11.6 Å². The standard InChI is InChI=1S/C18H26ClN3O/c1-14(18(23)20-16-6-7-16)22-12-10-21(11-13-22)9-8-15-4-2-3-5-17(15)19/h2-5,14,16H,6-13H2,1H3,(H,20,23)/t14-/m1/s1. The quantitative estimate of drug-likeness (QED) is 0.865. The van der Waals surface area contributed by atoms with Gasteiger partial charge in [0.1, 0.15) is 0 Å². The van der Waals surface area contributed by atoms with Gasteiger partial charge in [0.05, 0.1) is 6.04 Å². The Hall–Kier alpha value is -1.10. The van der Waals surface area contributed by atoms with Crippen LogP contribution in [0.15, 0.2) is 24.3 Å². The molecule has 126 valence electrons. The second-order valence-corrected chi connectivity index (χ2v) is 7.09. The molecule has 1 aliphatic carbocycles. The van der Waals surface area contributed by atoms with Crippen molar-refractivity contribution in [3.63, 3.8) is 0 Å². The van der Waals surface area contributed by atoms with Gasteiger partial charge in [0.25, 0.3) is 0 Å². The van der Waals surface area contributed by atoms with Crippen LogP contribution in [0.25, 0.3) is 0 Å². The normalized spacial score (nSPS) is 21.1. The van der Waals surface area contributed by atoms with Gasteiger partial charge in [0, 0.05) is 43.8 Å². The van der Waals surface area contributed by atoms with Crippen LogP contribution in [-0.4, -0.2) is 60.5 Å². The fourth-order valence-corrected chi connectivity index (χ4v) is 3.30. The van der Waals surface area contributed by atoms with Crippen LogP contribution in [0.1, 0.15) is 25.3 Å². The predicted octanol–water partition coefficient (Wildman–Crippen LogP) is 2.17. The number of hydrogen-bond acceptors (Lipinski definition) is 3. The summed E-state index contributed by atoms with van der Waals surface area (Å²) in [6, 6.07) is 8.50. The Morgan fingerprint density at radius 3 is 2.61 bits per heavy atom. The van der Waals surface area contributed by atoms with Gasteiger partial charge in [-0.3, -0.25) is 9.69 Å². The van der Waals surface area contributed by atoms with Crippen LogP contribution < -0.4 is 5.32 Å². The molecule has 1 atom stereocenters. The molecule has 0 aromatic heterocycles. The number of carbonyl (C=O) groups excluding carboxylic acids is 1. The van der Waals surface area contributed by atoms with Crippen LogP contribution in [0.5, 0.6) is 0 Å². The molecule has 2 aliphatic rings. The monoisotopic (exact) mass is 335 g/mol. The maximum atomic E-state index is 12.1. The molecule has 1 aromatic rings. The van der Waals surface area contributed by atoms with E-state index >= 15 is 0 Å². The molecule has 1 N–H and O–H groups in total. The van der Waals surface area contributed by atoms with Crippen molar-refractivity contribution in [2.75, 3.05) is 32.7 Å². The summed E-state index contributed by atoms with van der Waals surface area (Å²) in [4.78, 5) is 16.9. The van der Waals surface area contributed by atoms with Gasteiger partial charge in [-0.05, 0) is 37.8 Å². The Kier molecular flexibility index (Phi) is 5.57. The van der Waals surface area contributed by atoms with E-state index in [9.17, 15) is 4.79 Å². The number of nitrogens with one attached hydrogen (secondary N) is 1. The second-order valence-electron chi connectivity index (χ2n) is 6.68. The fraction of sp³-hybridized carbons (Fsp3) is 0.611. The number of nitrogens with zero attached hydrogens (tertiary/aromatic N) is 2. The van der Waals surface area contributed by atoms with Crippen molar-refractivity contribution < 1.29 is 4.79 Å². The number of carbonyl (C=O) groups is 1. The van der Waals surface area contributed by atoms with Crippen molar-refractivity contribution in [1.82, 2.24) is 15.1 Å². The highest BCUT2D eigenvalue weighted by molar-refractivity contribution is 6.31. The highest BCUT2D eigenvalue weighted by atomic mass is 35.5. The summed E-state index contributed by atoms with van der Waals surface area (Å²) in [6.45, 7) is 7.01. The zero-order valence-corrected chi connectivity index (χ0v) is 14.6. The molecule has 0 radical (unpaired) electrons. The van der Waals surface area contributed by atoms with Gasteiger partial charge in [0.15, 0.2) is 0 Å². The maximum Gasteiger partial charge on any atom is 0.237 e. The number of hydrogen-bond donors (Lipinski definition) is 1. The number of rotatable bonds is 6. The second kappa shape index (κ2) is 7.65. The number of amides is 1. The Morgan fingerprint density at radius 1 is 1.26 bits per heavy atom. The summed E-state index contributed by atoms with van der Waals surface area (Å²) in [6.07, 6.45) is 3.28. The summed E-state index contributed by atoms with van der Waals surface area (Å²) in [7, 11) is 0. The Bertz CT molecular complexity index is 539. The first-order chi connectivity index (χ1) is 11.1. The van der Waals surface area contributed by atoms with Gasteiger partial charge in [0.2, 0.25) is 5.91 Å². The summed E-state index contributed by atoms with van der Waals surface area (Å²) >= 11 is 6.22. The van der Waals surface area contributed by atoms with Crippen LogP contribution in [0.2, 0.25) is 5.02 Å². The Labute approximate surface area is 143 Å². The van der Waals surface area contributed by atoms with Crippen LogP contribution in [-0.2, 0) is 11.2 Å². The average Bonchev–Trinajstić information content (AvgIpc) is 3.38. The zero-order chi connectivity index (χ0) is 16.2. The van der Waals surface area contributed by atoms with Crippen molar-refractivity contribution in [1.29, 1.82) is 0 Å². The van der Waals surface area contributed by atoms with Gasteiger partial charge in [-0.1, -0.05) is 29.8 Å². The number of halogens is 1. The predicted molar refractivity (Wildman–Crippen MR) is 93.8 cm³/mol. The smallest absolute Gasteiger partial charge is 0.237 e. The van der Waals surface area contributed by atoms with Gasteiger partial charge < -0.3 is 10.2 Å². The van der Waals surface area contributed by atoms with E-state index in [0.29, 0.717) is 6.04 Å². The van der Waals surface area contributed by atoms with E-state index in [-0.39, 0.29) is 11.9 Å². The molecule has 3 rings (SSSR count). The molecular weight excluding hydrogens is 310 g/mol. The molecule has 23 heavy (non-hydrogen) atoms. The Morgan fingerprint density at radius 2 is 1.96 bits per heavy atom. The lowest BCUT2D eigenvalue weighted by molar-refractivity contribution is -0.126. The lowest BCUT2D eigenvalue weighted by Crippen LogP contribution is -2.54.